The molecule has 0 radical (unpaired) electrons. The number of carbonyl (C=O) groups excluding carboxylic acids is 2. The minimum Gasteiger partial charge on any atom is -0.468 e. The lowest BCUT2D eigenvalue weighted by molar-refractivity contribution is -0.139. The fourth-order valence-corrected chi connectivity index (χ4v) is 3.84. The van der Waals surface area contributed by atoms with Crippen molar-refractivity contribution in [3.05, 3.63) is 0 Å². The van der Waals surface area contributed by atoms with Crippen molar-refractivity contribution in [2.45, 2.75) is 31.1 Å². The van der Waals surface area contributed by atoms with E-state index in [2.05, 4.69) is 10.1 Å². The molecule has 0 aromatic carbocycles. The number of methoxy groups -OCH3 is 1. The third-order valence-corrected chi connectivity index (χ3v) is 5.50. The number of carbonyl (C=O) groups is 2. The second-order valence-electron chi connectivity index (χ2n) is 4.70. The Hall–Kier alpha value is -1.19. The average Bonchev–Trinajstić information content (AvgIpc) is 2.43. The summed E-state index contributed by atoms with van der Waals surface area (Å²) in [5, 5.41) is 1.75. The number of hydrogen-bond donors (Lipinski definition) is 2. The molecular weight excluding hydrogens is 286 g/mol. The zero-order valence-corrected chi connectivity index (χ0v) is 12.5. The van der Waals surface area contributed by atoms with Gasteiger partial charge in [-0.2, -0.15) is 4.31 Å². The van der Waals surface area contributed by atoms with E-state index in [-0.39, 0.29) is 6.04 Å². The molecule has 1 aliphatic heterocycles. The van der Waals surface area contributed by atoms with Crippen LogP contribution in [0.4, 0.5) is 0 Å². The molecule has 0 bridgehead atoms. The van der Waals surface area contributed by atoms with Gasteiger partial charge in [0.2, 0.25) is 15.9 Å². The predicted molar refractivity (Wildman–Crippen MR) is 72.2 cm³/mol. The summed E-state index contributed by atoms with van der Waals surface area (Å²) in [7, 11) is -2.85. The Labute approximate surface area is 118 Å². The molecule has 0 spiro atoms. The lowest BCUT2D eigenvalue weighted by atomic mass is 10.1. The Balaban J connectivity index is 3.01. The molecule has 1 rings (SSSR count). The average molecular weight is 307 g/mol. The van der Waals surface area contributed by atoms with Crippen LogP contribution in [0.1, 0.15) is 19.8 Å². The van der Waals surface area contributed by atoms with E-state index >= 15 is 0 Å². The van der Waals surface area contributed by atoms with E-state index in [9.17, 15) is 18.0 Å². The Morgan fingerprint density at radius 3 is 2.40 bits per heavy atom. The summed E-state index contributed by atoms with van der Waals surface area (Å²) in [5.41, 5.74) is 5.13. The first-order chi connectivity index (χ1) is 9.30. The number of esters is 1. The molecule has 1 atom stereocenters. The first-order valence-corrected chi connectivity index (χ1v) is 7.88. The van der Waals surface area contributed by atoms with Crippen LogP contribution >= 0.6 is 0 Å². The van der Waals surface area contributed by atoms with Gasteiger partial charge < -0.3 is 15.8 Å². The predicted octanol–water partition coefficient (Wildman–Crippen LogP) is -1.58. The van der Waals surface area contributed by atoms with E-state index in [1.54, 1.807) is 0 Å². The highest BCUT2D eigenvalue weighted by molar-refractivity contribution is 7.90. The molecule has 1 unspecified atom stereocenters. The standard InChI is InChI=1S/C11H21N3O5S/c1-8(11(16)19-2)20(17,18)14(7-10(12)15)9-3-5-13-6-4-9/h8-9,13H,3-7H2,1-2H3,(H2,12,15). The van der Waals surface area contributed by atoms with Crippen molar-refractivity contribution in [1.29, 1.82) is 0 Å². The molecule has 0 aromatic heterocycles. The highest BCUT2D eigenvalue weighted by Crippen LogP contribution is 2.19. The molecule has 116 valence electrons. The molecule has 1 heterocycles. The van der Waals surface area contributed by atoms with E-state index in [4.69, 9.17) is 5.73 Å². The summed E-state index contributed by atoms with van der Waals surface area (Å²) in [6.07, 6.45) is 1.14. The molecular formula is C11H21N3O5S. The number of hydrogen-bond acceptors (Lipinski definition) is 6. The quantitative estimate of drug-likeness (QED) is 0.571. The normalized spacial score (nSPS) is 18.8. The first-order valence-electron chi connectivity index (χ1n) is 6.38. The Morgan fingerprint density at radius 1 is 1.40 bits per heavy atom. The number of nitrogens with two attached hydrogens (primary N) is 1. The van der Waals surface area contributed by atoms with Crippen molar-refractivity contribution in [1.82, 2.24) is 9.62 Å². The molecule has 0 aliphatic carbocycles. The molecule has 9 heteroatoms. The maximum atomic E-state index is 12.5. The van der Waals surface area contributed by atoms with Gasteiger partial charge in [0.1, 0.15) is 0 Å². The summed E-state index contributed by atoms with van der Waals surface area (Å²) in [4.78, 5) is 22.6. The molecule has 1 fully saturated rings. The minimum absolute atomic E-state index is 0.333. The van der Waals surface area contributed by atoms with E-state index in [1.807, 2.05) is 0 Å². The third-order valence-electron chi connectivity index (χ3n) is 3.33. The van der Waals surface area contributed by atoms with Gasteiger partial charge in [-0.1, -0.05) is 0 Å². The van der Waals surface area contributed by atoms with E-state index in [1.165, 1.54) is 6.92 Å². The SMILES string of the molecule is COC(=O)C(C)S(=O)(=O)N(CC(N)=O)C1CCNCC1. The van der Waals surface area contributed by atoms with Crippen LogP contribution in [0.25, 0.3) is 0 Å². The summed E-state index contributed by atoms with van der Waals surface area (Å²) >= 11 is 0. The van der Waals surface area contributed by atoms with Crippen LogP contribution in [-0.2, 0) is 24.3 Å². The minimum atomic E-state index is -3.98. The zero-order valence-electron chi connectivity index (χ0n) is 11.7. The fourth-order valence-electron chi connectivity index (χ4n) is 2.17. The molecule has 1 saturated heterocycles. The number of sulfonamides is 1. The van der Waals surface area contributed by atoms with Gasteiger partial charge in [-0.15, -0.1) is 0 Å². The van der Waals surface area contributed by atoms with Crippen molar-refractivity contribution in [2.24, 2.45) is 5.73 Å². The lowest BCUT2D eigenvalue weighted by Gasteiger charge is -2.34. The number of piperidine rings is 1. The lowest BCUT2D eigenvalue weighted by Crippen LogP contribution is -2.52. The summed E-state index contributed by atoms with van der Waals surface area (Å²) < 4.78 is 30.4. The van der Waals surface area contributed by atoms with Crippen LogP contribution in [0.5, 0.6) is 0 Å². The molecule has 8 nitrogen and oxygen atoms in total. The van der Waals surface area contributed by atoms with E-state index < -0.39 is 33.7 Å². The van der Waals surface area contributed by atoms with Crippen molar-refractivity contribution in [3.63, 3.8) is 0 Å². The van der Waals surface area contributed by atoms with Gasteiger partial charge in [-0.3, -0.25) is 9.59 Å². The van der Waals surface area contributed by atoms with Crippen molar-refractivity contribution in [3.8, 4) is 0 Å². The molecule has 0 saturated carbocycles. The smallest absolute Gasteiger partial charge is 0.325 e. The van der Waals surface area contributed by atoms with Gasteiger partial charge in [0.05, 0.1) is 13.7 Å². The molecule has 1 amide bonds. The van der Waals surface area contributed by atoms with Gasteiger partial charge >= 0.3 is 5.97 Å². The van der Waals surface area contributed by atoms with Crippen molar-refractivity contribution < 1.29 is 22.7 Å². The maximum absolute atomic E-state index is 12.5. The highest BCUT2D eigenvalue weighted by Gasteiger charge is 2.39. The van der Waals surface area contributed by atoms with Gasteiger partial charge in [0.15, 0.2) is 5.25 Å². The largest absolute Gasteiger partial charge is 0.468 e. The Bertz CT molecular complexity index is 459. The Morgan fingerprint density at radius 2 is 1.95 bits per heavy atom. The van der Waals surface area contributed by atoms with Crippen molar-refractivity contribution >= 4 is 21.9 Å². The molecule has 20 heavy (non-hydrogen) atoms. The van der Waals surface area contributed by atoms with Gasteiger partial charge in [0.25, 0.3) is 0 Å². The molecule has 0 aromatic rings. The number of ether oxygens (including phenoxy) is 1. The number of nitrogens with zero attached hydrogens (tertiary/aromatic N) is 1. The fraction of sp³-hybridized carbons (Fsp3) is 0.818. The van der Waals surface area contributed by atoms with Crippen LogP contribution < -0.4 is 11.1 Å². The van der Waals surface area contributed by atoms with Crippen LogP contribution in [0.15, 0.2) is 0 Å². The van der Waals surface area contributed by atoms with Crippen LogP contribution in [0, 0.1) is 0 Å². The van der Waals surface area contributed by atoms with E-state index in [0.717, 1.165) is 11.4 Å². The monoisotopic (exact) mass is 307 g/mol. The zero-order chi connectivity index (χ0) is 15.3. The van der Waals surface area contributed by atoms with Gasteiger partial charge in [-0.05, 0) is 32.9 Å². The van der Waals surface area contributed by atoms with Gasteiger partial charge in [0, 0.05) is 6.04 Å². The summed E-state index contributed by atoms with van der Waals surface area (Å²) in [6, 6.07) is -0.333. The van der Waals surface area contributed by atoms with E-state index in [0.29, 0.717) is 25.9 Å². The summed E-state index contributed by atoms with van der Waals surface area (Å²) in [5.74, 6) is -1.60. The summed E-state index contributed by atoms with van der Waals surface area (Å²) in [6.45, 7) is 2.13. The third kappa shape index (κ3) is 3.90. The highest BCUT2D eigenvalue weighted by atomic mass is 32.2. The molecule has 1 aliphatic rings. The topological polar surface area (TPSA) is 119 Å². The van der Waals surface area contributed by atoms with Crippen molar-refractivity contribution in [2.75, 3.05) is 26.7 Å². The number of nitrogens with one attached hydrogen (secondary N) is 1. The van der Waals surface area contributed by atoms with Crippen LogP contribution in [-0.4, -0.2) is 62.6 Å². The first kappa shape index (κ1) is 16.9. The number of amides is 1. The Kier molecular flexibility index (Phi) is 5.90. The number of rotatable bonds is 6. The maximum Gasteiger partial charge on any atom is 0.325 e. The second kappa shape index (κ2) is 7.00. The van der Waals surface area contributed by atoms with Gasteiger partial charge in [-0.25, -0.2) is 8.42 Å². The second-order valence-corrected chi connectivity index (χ2v) is 6.91. The molecule has 3 N–H and O–H groups in total. The van der Waals surface area contributed by atoms with Crippen LogP contribution in [0.2, 0.25) is 0 Å². The van der Waals surface area contributed by atoms with Crippen LogP contribution in [0.3, 0.4) is 0 Å². The number of primary amides is 1.